The number of benzene rings is 1. The highest BCUT2D eigenvalue weighted by atomic mass is 79.9. The molecule has 0 unspecified atom stereocenters. The van der Waals surface area contributed by atoms with Crippen molar-refractivity contribution >= 4 is 31.6 Å². The van der Waals surface area contributed by atoms with Crippen molar-refractivity contribution in [3.63, 3.8) is 0 Å². The van der Waals surface area contributed by atoms with Crippen molar-refractivity contribution in [2.45, 2.75) is 11.8 Å². The van der Waals surface area contributed by atoms with Gasteiger partial charge in [-0.2, -0.15) is 4.31 Å². The molecule has 0 spiro atoms. The van der Waals surface area contributed by atoms with Gasteiger partial charge in [-0.3, -0.25) is 10.1 Å². The lowest BCUT2D eigenvalue weighted by Gasteiger charge is -2.17. The molecule has 0 atom stereocenters. The summed E-state index contributed by atoms with van der Waals surface area (Å²) in [4.78, 5) is 9.81. The van der Waals surface area contributed by atoms with Crippen molar-refractivity contribution in [2.75, 3.05) is 13.1 Å². The third kappa shape index (κ3) is 3.32. The molecule has 0 fully saturated rings. The molecule has 0 aliphatic rings. The number of nitro groups is 1. The highest BCUT2D eigenvalue weighted by molar-refractivity contribution is 9.10. The molecule has 0 radical (unpaired) electrons. The molecule has 0 saturated heterocycles. The summed E-state index contributed by atoms with van der Waals surface area (Å²) in [6.45, 7) is 1.61. The topological polar surface area (TPSA) is 80.5 Å². The van der Waals surface area contributed by atoms with E-state index in [1.54, 1.807) is 6.92 Å². The van der Waals surface area contributed by atoms with Crippen LogP contribution in [-0.2, 0) is 10.0 Å². The Morgan fingerprint density at radius 2 is 2.16 bits per heavy atom. The molecular weight excluding hydrogens is 336 g/mol. The maximum atomic E-state index is 12.3. The van der Waals surface area contributed by atoms with E-state index < -0.39 is 20.6 Å². The zero-order valence-corrected chi connectivity index (χ0v) is 12.4. The zero-order chi connectivity index (χ0) is 14.6. The molecule has 1 rings (SSSR count). The second-order valence-electron chi connectivity index (χ2n) is 3.50. The Bertz CT molecular complexity index is 637. The van der Waals surface area contributed by atoms with Gasteiger partial charge in [0.15, 0.2) is 4.90 Å². The Balaban J connectivity index is 3.47. The van der Waals surface area contributed by atoms with Gasteiger partial charge in [0.25, 0.3) is 15.7 Å². The molecule has 0 bridgehead atoms. The molecule has 0 saturated carbocycles. The summed E-state index contributed by atoms with van der Waals surface area (Å²) in [5.74, 6) is 2.22. The first-order chi connectivity index (χ1) is 8.84. The normalized spacial score (nSPS) is 11.3. The van der Waals surface area contributed by atoms with Crippen LogP contribution >= 0.6 is 15.9 Å². The first-order valence-electron chi connectivity index (χ1n) is 5.22. The fourth-order valence-electron chi connectivity index (χ4n) is 1.45. The van der Waals surface area contributed by atoms with Crippen molar-refractivity contribution in [1.82, 2.24) is 4.31 Å². The van der Waals surface area contributed by atoms with Gasteiger partial charge < -0.3 is 0 Å². The predicted octanol–water partition coefficient (Wildman–Crippen LogP) is 2.00. The number of hydrogen-bond donors (Lipinski definition) is 0. The van der Waals surface area contributed by atoms with Crippen molar-refractivity contribution in [3.8, 4) is 12.3 Å². The molecule has 0 N–H and O–H groups in total. The molecule has 19 heavy (non-hydrogen) atoms. The summed E-state index contributed by atoms with van der Waals surface area (Å²) in [5, 5.41) is 10.9. The van der Waals surface area contributed by atoms with Crippen LogP contribution in [-0.4, -0.2) is 30.7 Å². The van der Waals surface area contributed by atoms with Crippen LogP contribution in [0.2, 0.25) is 0 Å². The molecular formula is C11H11BrN2O4S. The standard InChI is InChI=1S/C11H11BrN2O4S/c1-3-7-13(4-2)19(17,18)11-8-9(12)5-6-10(11)14(15)16/h1,5-6,8H,4,7H2,2H3. The first-order valence-corrected chi connectivity index (χ1v) is 7.45. The number of halogens is 1. The minimum atomic E-state index is -3.99. The van der Waals surface area contributed by atoms with Gasteiger partial charge in [0.1, 0.15) is 0 Å². The lowest BCUT2D eigenvalue weighted by atomic mass is 10.3. The van der Waals surface area contributed by atoms with Gasteiger partial charge in [0.2, 0.25) is 0 Å². The molecule has 0 aliphatic heterocycles. The average Bonchev–Trinajstić information content (AvgIpc) is 2.35. The molecule has 1 aromatic rings. The summed E-state index contributed by atoms with van der Waals surface area (Å²) in [6, 6.07) is 3.75. The largest absolute Gasteiger partial charge is 0.289 e. The molecule has 102 valence electrons. The van der Waals surface area contributed by atoms with Crippen LogP contribution in [0.25, 0.3) is 0 Å². The summed E-state index contributed by atoms with van der Waals surface area (Å²) in [7, 11) is -3.99. The predicted molar refractivity (Wildman–Crippen MR) is 74.1 cm³/mol. The van der Waals surface area contributed by atoms with Gasteiger partial charge >= 0.3 is 0 Å². The van der Waals surface area contributed by atoms with Crippen LogP contribution in [0.3, 0.4) is 0 Å². The number of hydrogen-bond acceptors (Lipinski definition) is 4. The van der Waals surface area contributed by atoms with Crippen molar-refractivity contribution in [3.05, 3.63) is 32.8 Å². The number of sulfonamides is 1. The lowest BCUT2D eigenvalue weighted by Crippen LogP contribution is -2.31. The second-order valence-corrected chi connectivity index (χ2v) is 6.33. The van der Waals surface area contributed by atoms with Crippen LogP contribution in [0.15, 0.2) is 27.6 Å². The Hall–Kier alpha value is -1.43. The number of nitro benzene ring substituents is 1. The van der Waals surface area contributed by atoms with E-state index in [4.69, 9.17) is 6.42 Å². The molecule has 0 heterocycles. The first kappa shape index (κ1) is 15.6. The van der Waals surface area contributed by atoms with Crippen molar-refractivity contribution in [2.24, 2.45) is 0 Å². The van der Waals surface area contributed by atoms with E-state index in [1.165, 1.54) is 12.1 Å². The molecule has 0 amide bonds. The van der Waals surface area contributed by atoms with Crippen molar-refractivity contribution < 1.29 is 13.3 Å². The number of nitrogens with zero attached hydrogens (tertiary/aromatic N) is 2. The summed E-state index contributed by atoms with van der Waals surface area (Å²) >= 11 is 3.10. The number of rotatable bonds is 5. The fourth-order valence-corrected chi connectivity index (χ4v) is 3.51. The Morgan fingerprint density at radius 1 is 1.53 bits per heavy atom. The molecule has 8 heteroatoms. The van der Waals surface area contributed by atoms with Gasteiger partial charge in [-0.25, -0.2) is 8.42 Å². The van der Waals surface area contributed by atoms with E-state index in [9.17, 15) is 18.5 Å². The van der Waals surface area contributed by atoms with Gasteiger partial charge in [-0.1, -0.05) is 28.8 Å². The van der Waals surface area contributed by atoms with Crippen LogP contribution in [0.5, 0.6) is 0 Å². The van der Waals surface area contributed by atoms with E-state index >= 15 is 0 Å². The maximum absolute atomic E-state index is 12.3. The minimum absolute atomic E-state index is 0.135. The summed E-state index contributed by atoms with van der Waals surface area (Å²) in [5.41, 5.74) is -0.473. The highest BCUT2D eigenvalue weighted by Crippen LogP contribution is 2.29. The van der Waals surface area contributed by atoms with E-state index in [0.717, 1.165) is 10.4 Å². The maximum Gasteiger partial charge on any atom is 0.289 e. The fraction of sp³-hybridized carbons (Fsp3) is 0.273. The molecule has 6 nitrogen and oxygen atoms in total. The molecule has 1 aromatic carbocycles. The lowest BCUT2D eigenvalue weighted by molar-refractivity contribution is -0.387. The van der Waals surface area contributed by atoms with E-state index in [2.05, 4.69) is 21.9 Å². The third-order valence-electron chi connectivity index (χ3n) is 2.36. The van der Waals surface area contributed by atoms with E-state index in [0.29, 0.717) is 4.47 Å². The SMILES string of the molecule is C#CCN(CC)S(=O)(=O)c1cc(Br)ccc1[N+](=O)[O-]. The van der Waals surface area contributed by atoms with E-state index in [1.807, 2.05) is 0 Å². The zero-order valence-electron chi connectivity index (χ0n) is 10.0. The Kier molecular flexibility index (Phi) is 5.05. The quantitative estimate of drug-likeness (QED) is 0.464. The smallest absolute Gasteiger partial charge is 0.258 e. The third-order valence-corrected chi connectivity index (χ3v) is 4.80. The Labute approximate surface area is 119 Å². The monoisotopic (exact) mass is 346 g/mol. The van der Waals surface area contributed by atoms with Gasteiger partial charge in [0, 0.05) is 17.1 Å². The van der Waals surface area contributed by atoms with Crippen LogP contribution in [0, 0.1) is 22.5 Å². The van der Waals surface area contributed by atoms with Gasteiger partial charge in [-0.15, -0.1) is 6.42 Å². The van der Waals surface area contributed by atoms with Crippen LogP contribution in [0.1, 0.15) is 6.92 Å². The average molecular weight is 347 g/mol. The van der Waals surface area contributed by atoms with Crippen LogP contribution < -0.4 is 0 Å². The molecule has 0 aliphatic carbocycles. The molecule has 0 aromatic heterocycles. The van der Waals surface area contributed by atoms with Crippen molar-refractivity contribution in [1.29, 1.82) is 0 Å². The number of terminal acetylenes is 1. The second kappa shape index (κ2) is 6.14. The van der Waals surface area contributed by atoms with E-state index in [-0.39, 0.29) is 18.0 Å². The van der Waals surface area contributed by atoms with Gasteiger partial charge in [-0.05, 0) is 12.1 Å². The van der Waals surface area contributed by atoms with Gasteiger partial charge in [0.05, 0.1) is 11.5 Å². The summed E-state index contributed by atoms with van der Waals surface area (Å²) in [6.07, 6.45) is 5.11. The summed E-state index contributed by atoms with van der Waals surface area (Å²) < 4.78 is 26.1. The Morgan fingerprint density at radius 3 is 2.63 bits per heavy atom. The minimum Gasteiger partial charge on any atom is -0.258 e. The van der Waals surface area contributed by atoms with Crippen LogP contribution in [0.4, 0.5) is 5.69 Å². The highest BCUT2D eigenvalue weighted by Gasteiger charge is 2.30.